The zero-order chi connectivity index (χ0) is 31.0. The van der Waals surface area contributed by atoms with Crippen molar-refractivity contribution in [1.82, 2.24) is 10.2 Å². The lowest BCUT2D eigenvalue weighted by Crippen LogP contribution is -2.53. The van der Waals surface area contributed by atoms with E-state index in [1.165, 1.54) is 47.4 Å². The number of carbonyl (C=O) groups is 2. The van der Waals surface area contributed by atoms with Crippen LogP contribution in [0.25, 0.3) is 0 Å². The minimum Gasteiger partial charge on any atom is -0.355 e. The third kappa shape index (κ3) is 8.00. The zero-order valence-electron chi connectivity index (χ0n) is 23.9. The maximum atomic E-state index is 14.3. The van der Waals surface area contributed by atoms with Crippen LogP contribution < -0.4 is 9.62 Å². The van der Waals surface area contributed by atoms with Crippen molar-refractivity contribution in [1.29, 1.82) is 0 Å². The summed E-state index contributed by atoms with van der Waals surface area (Å²) in [5, 5.41) is 3.11. The van der Waals surface area contributed by atoms with E-state index >= 15 is 0 Å². The van der Waals surface area contributed by atoms with Crippen molar-refractivity contribution in [2.24, 2.45) is 0 Å². The molecule has 0 bridgehead atoms. The predicted molar refractivity (Wildman–Crippen MR) is 167 cm³/mol. The average molecular weight is 622 g/mol. The largest absolute Gasteiger partial charge is 0.355 e. The Kier molecular flexibility index (Phi) is 10.6. The number of aryl methyl sites for hydroxylation is 1. The second kappa shape index (κ2) is 14.3. The van der Waals surface area contributed by atoms with Crippen LogP contribution in [-0.4, -0.2) is 44.3 Å². The molecule has 0 unspecified atom stereocenters. The summed E-state index contributed by atoms with van der Waals surface area (Å²) < 4.78 is 42.9. The molecule has 0 aliphatic carbocycles. The van der Waals surface area contributed by atoms with Crippen molar-refractivity contribution >= 4 is 39.1 Å². The molecule has 4 aromatic carbocycles. The van der Waals surface area contributed by atoms with Crippen molar-refractivity contribution in [3.63, 3.8) is 0 Å². The van der Waals surface area contributed by atoms with E-state index in [2.05, 4.69) is 5.32 Å². The molecule has 0 saturated carbocycles. The fourth-order valence-electron chi connectivity index (χ4n) is 4.72. The monoisotopic (exact) mass is 621 g/mol. The maximum Gasteiger partial charge on any atom is 0.264 e. The highest BCUT2D eigenvalue weighted by atomic mass is 35.5. The number of sulfonamides is 1. The van der Waals surface area contributed by atoms with Crippen LogP contribution in [0.4, 0.5) is 10.1 Å². The van der Waals surface area contributed by atoms with Gasteiger partial charge in [-0.15, -0.1) is 0 Å². The Morgan fingerprint density at radius 3 is 2.14 bits per heavy atom. The highest BCUT2D eigenvalue weighted by Gasteiger charge is 2.35. The quantitative estimate of drug-likeness (QED) is 0.218. The molecular weight excluding hydrogens is 589 g/mol. The number of nitrogens with zero attached hydrogens (tertiary/aromatic N) is 2. The van der Waals surface area contributed by atoms with Gasteiger partial charge in [0.1, 0.15) is 18.4 Å². The molecule has 224 valence electrons. The van der Waals surface area contributed by atoms with Crippen LogP contribution in [0.2, 0.25) is 5.02 Å². The Balaban J connectivity index is 1.81. The molecule has 0 aliphatic heterocycles. The minimum atomic E-state index is -4.24. The van der Waals surface area contributed by atoms with Gasteiger partial charge in [0, 0.05) is 24.5 Å². The average Bonchev–Trinajstić information content (AvgIpc) is 3.01. The number of halogens is 2. The lowest BCUT2D eigenvalue weighted by atomic mass is 10.0. The van der Waals surface area contributed by atoms with E-state index in [-0.39, 0.29) is 23.5 Å². The maximum absolute atomic E-state index is 14.3. The third-order valence-electron chi connectivity index (χ3n) is 6.94. The summed E-state index contributed by atoms with van der Waals surface area (Å²) in [6, 6.07) is 26.5. The Morgan fingerprint density at radius 1 is 0.884 bits per heavy atom. The number of likely N-dealkylation sites (N-methyl/N-ethyl adjacent to an activating group) is 1. The second-order valence-electron chi connectivity index (χ2n) is 10.0. The number of hydrogen-bond donors (Lipinski definition) is 1. The van der Waals surface area contributed by atoms with E-state index in [9.17, 15) is 22.4 Å². The number of hydrogen-bond acceptors (Lipinski definition) is 4. The summed E-state index contributed by atoms with van der Waals surface area (Å²) in [4.78, 5) is 29.2. The van der Waals surface area contributed by atoms with Gasteiger partial charge in [-0.05, 0) is 66.9 Å². The molecule has 7 nitrogen and oxygen atoms in total. The van der Waals surface area contributed by atoms with Crippen molar-refractivity contribution < 1.29 is 22.4 Å². The molecule has 0 spiro atoms. The zero-order valence-corrected chi connectivity index (χ0v) is 25.5. The molecule has 0 heterocycles. The fraction of sp³-hybridized carbons (Fsp3) is 0.212. The molecule has 0 saturated heterocycles. The van der Waals surface area contributed by atoms with Crippen LogP contribution in [0, 0.1) is 12.7 Å². The van der Waals surface area contributed by atoms with Crippen molar-refractivity contribution in [3.05, 3.63) is 131 Å². The third-order valence-corrected chi connectivity index (χ3v) is 8.95. The summed E-state index contributed by atoms with van der Waals surface area (Å²) in [5.74, 6) is -1.45. The van der Waals surface area contributed by atoms with Gasteiger partial charge in [0.2, 0.25) is 11.8 Å². The van der Waals surface area contributed by atoms with Gasteiger partial charge in [-0.1, -0.05) is 78.3 Å². The highest BCUT2D eigenvalue weighted by molar-refractivity contribution is 7.92. The second-order valence-corrected chi connectivity index (χ2v) is 12.3. The van der Waals surface area contributed by atoms with Crippen molar-refractivity contribution in [2.75, 3.05) is 17.4 Å². The molecule has 0 fully saturated rings. The molecule has 0 aromatic heterocycles. The predicted octanol–water partition coefficient (Wildman–Crippen LogP) is 5.76. The molecule has 43 heavy (non-hydrogen) atoms. The molecule has 4 rings (SSSR count). The Morgan fingerprint density at radius 2 is 1.51 bits per heavy atom. The van der Waals surface area contributed by atoms with Gasteiger partial charge < -0.3 is 10.2 Å². The smallest absolute Gasteiger partial charge is 0.264 e. The standard InChI is InChI=1S/C33H33ClFN3O4S/c1-3-36-33(40)31(20-25-10-6-4-7-11-25)37(22-26-15-18-28(35)19-16-26)32(39)23-38(30-21-27(34)17-14-24(30)2)43(41,42)29-12-8-5-9-13-29/h4-19,21,31H,3,20,22-23H2,1-2H3,(H,36,40)/t31-/m1/s1. The first-order chi connectivity index (χ1) is 20.6. The number of benzene rings is 4. The topological polar surface area (TPSA) is 86.8 Å². The molecule has 4 aromatic rings. The summed E-state index contributed by atoms with van der Waals surface area (Å²) in [6.45, 7) is 3.18. The van der Waals surface area contributed by atoms with Gasteiger partial charge >= 0.3 is 0 Å². The Hall–Kier alpha value is -4.21. The summed E-state index contributed by atoms with van der Waals surface area (Å²) in [6.07, 6.45) is 0.182. The lowest BCUT2D eigenvalue weighted by molar-refractivity contribution is -0.140. The molecule has 1 atom stereocenters. The van der Waals surface area contributed by atoms with Crippen LogP contribution in [-0.2, 0) is 32.6 Å². The molecule has 0 aliphatic rings. The van der Waals surface area contributed by atoms with E-state index in [1.54, 1.807) is 44.2 Å². The van der Waals surface area contributed by atoms with E-state index < -0.39 is 40.2 Å². The lowest BCUT2D eigenvalue weighted by Gasteiger charge is -2.34. The first-order valence-electron chi connectivity index (χ1n) is 13.8. The fourth-order valence-corrected chi connectivity index (χ4v) is 6.37. The van der Waals surface area contributed by atoms with Crippen LogP contribution >= 0.6 is 11.6 Å². The van der Waals surface area contributed by atoms with E-state index in [0.29, 0.717) is 22.7 Å². The van der Waals surface area contributed by atoms with Crippen molar-refractivity contribution in [3.8, 4) is 0 Å². The summed E-state index contributed by atoms with van der Waals surface area (Å²) in [7, 11) is -4.24. The van der Waals surface area contributed by atoms with Gasteiger partial charge in [0.25, 0.3) is 10.0 Å². The van der Waals surface area contributed by atoms with E-state index in [0.717, 1.165) is 9.87 Å². The first-order valence-corrected chi connectivity index (χ1v) is 15.6. The van der Waals surface area contributed by atoms with Crippen LogP contribution in [0.15, 0.2) is 108 Å². The molecular formula is C33H33ClFN3O4S. The van der Waals surface area contributed by atoms with Crippen LogP contribution in [0.1, 0.15) is 23.6 Å². The molecule has 2 amide bonds. The van der Waals surface area contributed by atoms with Crippen LogP contribution in [0.5, 0.6) is 0 Å². The van der Waals surface area contributed by atoms with Gasteiger partial charge in [0.05, 0.1) is 10.6 Å². The molecule has 1 N–H and O–H groups in total. The van der Waals surface area contributed by atoms with Gasteiger partial charge in [0.15, 0.2) is 0 Å². The first kappa shape index (κ1) is 31.7. The number of anilines is 1. The van der Waals surface area contributed by atoms with E-state index in [4.69, 9.17) is 11.6 Å². The molecule has 10 heteroatoms. The Bertz CT molecular complexity index is 1650. The normalized spacial score (nSPS) is 11.9. The summed E-state index contributed by atoms with van der Waals surface area (Å²) >= 11 is 6.29. The number of nitrogens with one attached hydrogen (secondary N) is 1. The van der Waals surface area contributed by atoms with E-state index in [1.807, 2.05) is 30.3 Å². The molecule has 0 radical (unpaired) electrons. The SMILES string of the molecule is CCNC(=O)[C@@H](Cc1ccccc1)N(Cc1ccc(F)cc1)C(=O)CN(c1cc(Cl)ccc1C)S(=O)(=O)c1ccccc1. The van der Waals surface area contributed by atoms with Gasteiger partial charge in [-0.25, -0.2) is 12.8 Å². The Labute approximate surface area is 257 Å². The van der Waals surface area contributed by atoms with Gasteiger partial charge in [-0.3, -0.25) is 13.9 Å². The van der Waals surface area contributed by atoms with Crippen molar-refractivity contribution in [2.45, 2.75) is 37.8 Å². The minimum absolute atomic E-state index is 0.00294. The number of carbonyl (C=O) groups excluding carboxylic acids is 2. The van der Waals surface area contributed by atoms with Crippen LogP contribution in [0.3, 0.4) is 0 Å². The number of rotatable bonds is 12. The summed E-state index contributed by atoms with van der Waals surface area (Å²) in [5.41, 5.74) is 2.22. The van der Waals surface area contributed by atoms with Gasteiger partial charge in [-0.2, -0.15) is 0 Å². The highest BCUT2D eigenvalue weighted by Crippen LogP contribution is 2.30. The number of amides is 2.